The highest BCUT2D eigenvalue weighted by atomic mass is 79.9. The second kappa shape index (κ2) is 8.39. The first-order chi connectivity index (χ1) is 14.1. The van der Waals surface area contributed by atoms with Gasteiger partial charge in [-0.25, -0.2) is 4.39 Å². The van der Waals surface area contributed by atoms with E-state index in [1.807, 2.05) is 36.4 Å². The highest BCUT2D eigenvalue weighted by Gasteiger charge is 2.54. The predicted molar refractivity (Wildman–Crippen MR) is 116 cm³/mol. The molecule has 0 unspecified atom stereocenters. The Hall–Kier alpha value is -2.01. The molecule has 1 aliphatic rings. The smallest absolute Gasteiger partial charge is 0.123 e. The molecule has 150 valence electrons. The van der Waals surface area contributed by atoms with Gasteiger partial charge >= 0.3 is 0 Å². The number of ether oxygens (including phenoxy) is 1. The van der Waals surface area contributed by atoms with Gasteiger partial charge in [0.25, 0.3) is 0 Å². The minimum Gasteiger partial charge on any atom is -0.396 e. The Morgan fingerprint density at radius 3 is 2.17 bits per heavy atom. The van der Waals surface area contributed by atoms with Crippen LogP contribution in [0.2, 0.25) is 0 Å². The third kappa shape index (κ3) is 4.02. The Labute approximate surface area is 179 Å². The fourth-order valence-corrected chi connectivity index (χ4v) is 5.22. The zero-order valence-corrected chi connectivity index (χ0v) is 17.7. The van der Waals surface area contributed by atoms with Crippen LogP contribution in [0.1, 0.15) is 27.9 Å². The quantitative estimate of drug-likeness (QED) is 0.476. The maximum Gasteiger partial charge on any atom is 0.123 e. The standard InChI is InChI=1S/C25H24BrFO2/c26-23(20-9-5-2-6-10-20)25(21-11-13-22(27)14-12-21)16-24(17-28,18-29-25)15-19-7-3-1-4-8-19/h1-14,23,28H,15-18H2/t23-,24-,25-/m1/s1. The second-order valence-electron chi connectivity index (χ2n) is 7.96. The molecule has 0 aliphatic carbocycles. The van der Waals surface area contributed by atoms with E-state index in [0.29, 0.717) is 13.0 Å². The Morgan fingerprint density at radius 2 is 1.55 bits per heavy atom. The molecule has 29 heavy (non-hydrogen) atoms. The van der Waals surface area contributed by atoms with Crippen LogP contribution in [0.3, 0.4) is 0 Å². The minimum atomic E-state index is -0.702. The van der Waals surface area contributed by atoms with Crippen molar-refractivity contribution in [2.45, 2.75) is 23.3 Å². The summed E-state index contributed by atoms with van der Waals surface area (Å²) in [6, 6.07) is 26.8. The molecular formula is C25H24BrFO2. The van der Waals surface area contributed by atoms with Gasteiger partial charge in [0.2, 0.25) is 0 Å². The summed E-state index contributed by atoms with van der Waals surface area (Å²) < 4.78 is 20.2. The van der Waals surface area contributed by atoms with Crippen molar-refractivity contribution in [2.24, 2.45) is 5.41 Å². The summed E-state index contributed by atoms with van der Waals surface area (Å²) in [5.74, 6) is -0.273. The highest BCUT2D eigenvalue weighted by Crippen LogP contribution is 2.56. The molecule has 0 radical (unpaired) electrons. The molecule has 0 amide bonds. The number of aliphatic hydroxyl groups excluding tert-OH is 1. The van der Waals surface area contributed by atoms with Gasteiger partial charge in [-0.05, 0) is 41.7 Å². The van der Waals surface area contributed by atoms with E-state index in [0.717, 1.165) is 17.5 Å². The van der Waals surface area contributed by atoms with Crippen LogP contribution >= 0.6 is 15.9 Å². The lowest BCUT2D eigenvalue weighted by Crippen LogP contribution is -2.34. The van der Waals surface area contributed by atoms with Gasteiger partial charge in [0.05, 0.1) is 18.0 Å². The zero-order chi connectivity index (χ0) is 20.3. The zero-order valence-electron chi connectivity index (χ0n) is 16.1. The van der Waals surface area contributed by atoms with Crippen LogP contribution in [0.5, 0.6) is 0 Å². The van der Waals surface area contributed by atoms with Crippen LogP contribution in [-0.4, -0.2) is 18.3 Å². The molecule has 1 heterocycles. The Balaban J connectivity index is 1.74. The number of halogens is 2. The molecule has 2 nitrogen and oxygen atoms in total. The maximum atomic E-state index is 13.6. The van der Waals surface area contributed by atoms with Crippen LogP contribution in [0.25, 0.3) is 0 Å². The summed E-state index contributed by atoms with van der Waals surface area (Å²) in [5, 5.41) is 10.4. The molecule has 1 saturated heterocycles. The average Bonchev–Trinajstić information content (AvgIpc) is 3.16. The molecule has 3 aromatic rings. The fraction of sp³-hybridized carbons (Fsp3) is 0.280. The normalized spacial score (nSPS) is 25.1. The summed E-state index contributed by atoms with van der Waals surface area (Å²) >= 11 is 3.89. The summed E-state index contributed by atoms with van der Waals surface area (Å²) in [6.45, 7) is 0.462. The van der Waals surface area contributed by atoms with E-state index >= 15 is 0 Å². The van der Waals surface area contributed by atoms with Gasteiger partial charge in [-0.15, -0.1) is 0 Å². The molecule has 1 N–H and O–H groups in total. The molecule has 0 saturated carbocycles. The molecular weight excluding hydrogens is 431 g/mol. The number of hydrogen-bond donors (Lipinski definition) is 1. The SMILES string of the molecule is OC[C@]1(Cc2ccccc2)CO[C@](c2ccc(F)cc2)([C@H](Br)c2ccccc2)C1. The predicted octanol–water partition coefficient (Wildman–Crippen LogP) is 5.80. The molecule has 0 aromatic heterocycles. The van der Waals surface area contributed by atoms with Crippen molar-refractivity contribution in [1.29, 1.82) is 0 Å². The Morgan fingerprint density at radius 1 is 0.931 bits per heavy atom. The number of hydrogen-bond acceptors (Lipinski definition) is 2. The van der Waals surface area contributed by atoms with Crippen molar-refractivity contribution < 1.29 is 14.2 Å². The van der Waals surface area contributed by atoms with Gasteiger partial charge < -0.3 is 9.84 Å². The van der Waals surface area contributed by atoms with E-state index in [-0.39, 0.29) is 17.3 Å². The van der Waals surface area contributed by atoms with Gasteiger partial charge in [-0.1, -0.05) is 88.7 Å². The van der Waals surface area contributed by atoms with Gasteiger partial charge in [-0.3, -0.25) is 0 Å². The lowest BCUT2D eigenvalue weighted by Gasteiger charge is -2.36. The first-order valence-corrected chi connectivity index (χ1v) is 10.7. The van der Waals surface area contributed by atoms with Gasteiger partial charge in [0.15, 0.2) is 0 Å². The third-order valence-corrected chi connectivity index (χ3v) is 7.13. The first kappa shape index (κ1) is 20.3. The van der Waals surface area contributed by atoms with Crippen molar-refractivity contribution in [3.63, 3.8) is 0 Å². The lowest BCUT2D eigenvalue weighted by atomic mass is 9.73. The molecule has 0 bridgehead atoms. The van der Waals surface area contributed by atoms with Gasteiger partial charge in [0.1, 0.15) is 11.4 Å². The Bertz CT molecular complexity index is 932. The molecule has 0 spiro atoms. The first-order valence-electron chi connectivity index (χ1n) is 9.81. The van der Waals surface area contributed by atoms with Crippen LogP contribution in [0.4, 0.5) is 4.39 Å². The van der Waals surface area contributed by atoms with Crippen LogP contribution < -0.4 is 0 Å². The van der Waals surface area contributed by atoms with Crippen LogP contribution in [0, 0.1) is 11.2 Å². The average molecular weight is 455 g/mol. The topological polar surface area (TPSA) is 29.5 Å². The van der Waals surface area contributed by atoms with Crippen LogP contribution in [-0.2, 0) is 16.8 Å². The second-order valence-corrected chi connectivity index (χ2v) is 8.87. The summed E-state index contributed by atoms with van der Waals surface area (Å²) in [6.07, 6.45) is 1.35. The number of aliphatic hydroxyl groups is 1. The van der Waals surface area contributed by atoms with E-state index in [4.69, 9.17) is 4.74 Å². The van der Waals surface area contributed by atoms with Crippen LogP contribution in [0.15, 0.2) is 84.9 Å². The van der Waals surface area contributed by atoms with E-state index < -0.39 is 11.0 Å². The van der Waals surface area contributed by atoms with E-state index in [1.54, 1.807) is 12.1 Å². The maximum absolute atomic E-state index is 13.6. The fourth-order valence-electron chi connectivity index (χ4n) is 4.36. The molecule has 1 aliphatic heterocycles. The molecule has 4 rings (SSSR count). The molecule has 3 atom stereocenters. The number of rotatable bonds is 6. The molecule has 1 fully saturated rings. The summed E-state index contributed by atoms with van der Waals surface area (Å²) in [7, 11) is 0. The summed E-state index contributed by atoms with van der Waals surface area (Å²) in [4.78, 5) is -0.133. The van der Waals surface area contributed by atoms with E-state index in [2.05, 4.69) is 40.2 Å². The van der Waals surface area contributed by atoms with Gasteiger partial charge in [-0.2, -0.15) is 0 Å². The van der Waals surface area contributed by atoms with Crippen molar-refractivity contribution >= 4 is 15.9 Å². The number of alkyl halides is 1. The van der Waals surface area contributed by atoms with Crippen molar-refractivity contribution in [2.75, 3.05) is 13.2 Å². The highest BCUT2D eigenvalue weighted by molar-refractivity contribution is 9.09. The minimum absolute atomic E-state index is 0.0271. The van der Waals surface area contributed by atoms with Crippen molar-refractivity contribution in [3.8, 4) is 0 Å². The monoisotopic (exact) mass is 454 g/mol. The van der Waals surface area contributed by atoms with Gasteiger partial charge in [0, 0.05) is 5.41 Å². The van der Waals surface area contributed by atoms with E-state index in [9.17, 15) is 9.50 Å². The Kier molecular flexibility index (Phi) is 5.86. The summed E-state index contributed by atoms with van der Waals surface area (Å²) in [5.41, 5.74) is 2.06. The van der Waals surface area contributed by atoms with Crippen molar-refractivity contribution in [1.82, 2.24) is 0 Å². The number of benzene rings is 3. The molecule has 3 aromatic carbocycles. The van der Waals surface area contributed by atoms with E-state index in [1.165, 1.54) is 17.7 Å². The lowest BCUT2D eigenvalue weighted by molar-refractivity contribution is -0.00559. The molecule has 4 heteroatoms. The third-order valence-electron chi connectivity index (χ3n) is 5.87. The largest absolute Gasteiger partial charge is 0.396 e. The van der Waals surface area contributed by atoms with Crippen molar-refractivity contribution in [3.05, 3.63) is 107 Å².